The molecule has 0 unspecified atom stereocenters. The van der Waals surface area contributed by atoms with Crippen LogP contribution in [0.25, 0.3) is 5.65 Å². The Labute approximate surface area is 153 Å². The van der Waals surface area contributed by atoms with Crippen molar-refractivity contribution in [2.45, 2.75) is 19.4 Å². The van der Waals surface area contributed by atoms with Crippen LogP contribution in [0.5, 0.6) is 5.75 Å². The fourth-order valence-electron chi connectivity index (χ4n) is 3.06. The van der Waals surface area contributed by atoms with Gasteiger partial charge in [-0.3, -0.25) is 4.79 Å². The molecular weight excluding hydrogens is 353 g/mol. The molecule has 0 bridgehead atoms. The van der Waals surface area contributed by atoms with E-state index in [0.717, 1.165) is 5.56 Å². The van der Waals surface area contributed by atoms with Crippen LogP contribution in [0.2, 0.25) is 0 Å². The largest absolute Gasteiger partial charge is 0.493 e. The Kier molecular flexibility index (Phi) is 4.55. The van der Waals surface area contributed by atoms with Crippen LogP contribution >= 0.6 is 0 Å². The summed E-state index contributed by atoms with van der Waals surface area (Å²) >= 11 is 0. The molecule has 4 rings (SSSR count). The molecule has 0 aliphatic carbocycles. The predicted molar refractivity (Wildman–Crippen MR) is 96.0 cm³/mol. The molecule has 10 heteroatoms. The number of hydrogen-bond acceptors (Lipinski definition) is 7. The topological polar surface area (TPSA) is 119 Å². The summed E-state index contributed by atoms with van der Waals surface area (Å²) in [6.45, 7) is 1.03. The first-order chi connectivity index (χ1) is 13.2. The number of halogens is 1. The van der Waals surface area contributed by atoms with Crippen molar-refractivity contribution in [3.05, 3.63) is 41.6 Å². The number of nitrogens with zero attached hydrogens (tertiary/aromatic N) is 4. The minimum absolute atomic E-state index is 0.195. The number of hydrogen-bond donors (Lipinski definition) is 3. The van der Waals surface area contributed by atoms with Gasteiger partial charge in [0.2, 0.25) is 11.9 Å². The summed E-state index contributed by atoms with van der Waals surface area (Å²) in [5.74, 6) is 0.626. The summed E-state index contributed by atoms with van der Waals surface area (Å²) in [5.41, 5.74) is 7.66. The molecule has 1 amide bonds. The van der Waals surface area contributed by atoms with E-state index in [4.69, 9.17) is 10.5 Å². The molecule has 0 spiro atoms. The highest BCUT2D eigenvalue weighted by atomic mass is 19.1. The van der Waals surface area contributed by atoms with Crippen molar-refractivity contribution in [3.8, 4) is 5.75 Å². The van der Waals surface area contributed by atoms with Crippen LogP contribution < -0.4 is 21.1 Å². The zero-order valence-corrected chi connectivity index (χ0v) is 14.4. The Morgan fingerprint density at radius 2 is 2.30 bits per heavy atom. The summed E-state index contributed by atoms with van der Waals surface area (Å²) in [5, 5.41) is 13.7. The van der Waals surface area contributed by atoms with Gasteiger partial charge in [0.25, 0.3) is 0 Å². The monoisotopic (exact) mass is 371 g/mol. The zero-order chi connectivity index (χ0) is 18.8. The lowest BCUT2D eigenvalue weighted by Crippen LogP contribution is -2.17. The van der Waals surface area contributed by atoms with E-state index in [1.807, 2.05) is 0 Å². The van der Waals surface area contributed by atoms with Crippen LogP contribution in [0, 0.1) is 5.82 Å². The third kappa shape index (κ3) is 3.26. The molecule has 0 atom stereocenters. The molecule has 0 saturated heterocycles. The van der Waals surface area contributed by atoms with Crippen molar-refractivity contribution < 1.29 is 13.9 Å². The molecular formula is C17H18FN7O2. The number of rotatable bonds is 6. The Hall–Kier alpha value is -3.27. The molecule has 2 aromatic heterocycles. The van der Waals surface area contributed by atoms with Gasteiger partial charge in [0.05, 0.1) is 12.8 Å². The Balaban J connectivity index is 1.58. The van der Waals surface area contributed by atoms with Crippen LogP contribution in [-0.4, -0.2) is 38.6 Å². The third-order valence-electron chi connectivity index (χ3n) is 4.34. The van der Waals surface area contributed by atoms with Gasteiger partial charge < -0.3 is 21.1 Å². The van der Waals surface area contributed by atoms with Crippen molar-refractivity contribution in [1.29, 1.82) is 0 Å². The highest BCUT2D eigenvalue weighted by Crippen LogP contribution is 2.30. The number of carbonyl (C=O) groups excluding carboxylic acids is 1. The number of carbonyl (C=O) groups is 1. The maximum atomic E-state index is 14.3. The standard InChI is InChI=1S/C17H18FN7O2/c18-12-1-2-14-10(4-6-27-14)11(12)7-20-17-21-8-13(23-15(26)3-5-19)16-24-22-9-25(16)17/h1-2,8-9H,3-7,19H2,(H,20,21)(H,23,26). The van der Waals surface area contributed by atoms with E-state index < -0.39 is 0 Å². The molecule has 1 aromatic carbocycles. The first kappa shape index (κ1) is 17.2. The summed E-state index contributed by atoms with van der Waals surface area (Å²) < 4.78 is 21.4. The van der Waals surface area contributed by atoms with Crippen molar-refractivity contribution in [2.75, 3.05) is 23.8 Å². The minimum Gasteiger partial charge on any atom is -0.493 e. The number of amides is 1. The average Bonchev–Trinajstić information content (AvgIpc) is 3.31. The smallest absolute Gasteiger partial charge is 0.225 e. The van der Waals surface area contributed by atoms with E-state index in [9.17, 15) is 9.18 Å². The molecule has 9 nitrogen and oxygen atoms in total. The second kappa shape index (κ2) is 7.16. The lowest BCUT2D eigenvalue weighted by Gasteiger charge is -2.12. The van der Waals surface area contributed by atoms with Gasteiger partial charge in [-0.25, -0.2) is 13.8 Å². The molecule has 27 heavy (non-hydrogen) atoms. The minimum atomic E-state index is -0.294. The molecule has 0 fully saturated rings. The molecule has 140 valence electrons. The number of anilines is 2. The fraction of sp³-hybridized carbons (Fsp3) is 0.294. The number of fused-ring (bicyclic) bond motifs is 2. The van der Waals surface area contributed by atoms with E-state index in [-0.39, 0.29) is 31.2 Å². The lowest BCUT2D eigenvalue weighted by molar-refractivity contribution is -0.116. The van der Waals surface area contributed by atoms with Gasteiger partial charge in [0.1, 0.15) is 23.6 Å². The second-order valence-corrected chi connectivity index (χ2v) is 6.06. The highest BCUT2D eigenvalue weighted by Gasteiger charge is 2.20. The van der Waals surface area contributed by atoms with E-state index in [2.05, 4.69) is 25.8 Å². The van der Waals surface area contributed by atoms with Crippen molar-refractivity contribution >= 4 is 23.2 Å². The van der Waals surface area contributed by atoms with Gasteiger partial charge >= 0.3 is 0 Å². The molecule has 0 saturated carbocycles. The molecule has 1 aliphatic rings. The van der Waals surface area contributed by atoms with E-state index in [0.29, 0.717) is 41.6 Å². The quantitative estimate of drug-likeness (QED) is 0.593. The van der Waals surface area contributed by atoms with Crippen LogP contribution in [0.3, 0.4) is 0 Å². The summed E-state index contributed by atoms with van der Waals surface area (Å²) in [6.07, 6.45) is 3.82. The highest BCUT2D eigenvalue weighted by molar-refractivity contribution is 5.94. The van der Waals surface area contributed by atoms with Crippen molar-refractivity contribution in [2.24, 2.45) is 5.73 Å². The summed E-state index contributed by atoms with van der Waals surface area (Å²) in [7, 11) is 0. The number of aromatic nitrogens is 4. The van der Waals surface area contributed by atoms with Crippen molar-refractivity contribution in [3.63, 3.8) is 0 Å². The van der Waals surface area contributed by atoms with E-state index in [1.165, 1.54) is 18.6 Å². The van der Waals surface area contributed by atoms with Gasteiger partial charge in [-0.15, -0.1) is 10.2 Å². The van der Waals surface area contributed by atoms with Gasteiger partial charge in [-0.05, 0) is 12.1 Å². The fourth-order valence-corrected chi connectivity index (χ4v) is 3.06. The SMILES string of the molecule is NCCC(=O)Nc1cnc(NCc2c(F)ccc3c2CCO3)n2cnnc12. The van der Waals surface area contributed by atoms with Crippen LogP contribution in [0.4, 0.5) is 16.0 Å². The lowest BCUT2D eigenvalue weighted by atomic mass is 10.0. The first-order valence-corrected chi connectivity index (χ1v) is 8.53. The predicted octanol–water partition coefficient (Wildman–Crippen LogP) is 1.10. The van der Waals surface area contributed by atoms with Crippen molar-refractivity contribution in [1.82, 2.24) is 19.6 Å². The first-order valence-electron chi connectivity index (χ1n) is 8.53. The van der Waals surface area contributed by atoms with Crippen LogP contribution in [-0.2, 0) is 17.8 Å². The number of ether oxygens (including phenoxy) is 1. The average molecular weight is 371 g/mol. The molecule has 3 aromatic rings. The Morgan fingerprint density at radius 3 is 3.15 bits per heavy atom. The summed E-state index contributed by atoms with van der Waals surface area (Å²) in [6, 6.07) is 3.05. The normalized spacial score (nSPS) is 12.7. The molecule has 0 radical (unpaired) electrons. The molecule has 4 N–H and O–H groups in total. The second-order valence-electron chi connectivity index (χ2n) is 6.06. The summed E-state index contributed by atoms with van der Waals surface area (Å²) in [4.78, 5) is 16.1. The number of nitrogens with two attached hydrogens (primary N) is 1. The van der Waals surface area contributed by atoms with Crippen LogP contribution in [0.1, 0.15) is 17.5 Å². The Morgan fingerprint density at radius 1 is 1.41 bits per heavy atom. The number of benzene rings is 1. The van der Waals surface area contributed by atoms with Gasteiger partial charge in [-0.1, -0.05) is 0 Å². The van der Waals surface area contributed by atoms with E-state index in [1.54, 1.807) is 10.5 Å². The molecule has 3 heterocycles. The van der Waals surface area contributed by atoms with Gasteiger partial charge in [0, 0.05) is 37.1 Å². The van der Waals surface area contributed by atoms with E-state index >= 15 is 0 Å². The maximum absolute atomic E-state index is 14.3. The maximum Gasteiger partial charge on any atom is 0.225 e. The molecule has 1 aliphatic heterocycles. The van der Waals surface area contributed by atoms with Gasteiger partial charge in [0.15, 0.2) is 5.65 Å². The third-order valence-corrected chi connectivity index (χ3v) is 4.34. The zero-order valence-electron chi connectivity index (χ0n) is 14.4. The Bertz CT molecular complexity index is 1000. The number of nitrogens with one attached hydrogen (secondary N) is 2. The van der Waals surface area contributed by atoms with Gasteiger partial charge in [-0.2, -0.15) is 0 Å². The van der Waals surface area contributed by atoms with Crippen LogP contribution in [0.15, 0.2) is 24.7 Å².